The number of benzene rings is 1. The number of fused-ring (bicyclic) bond motifs is 1. The average Bonchev–Trinajstić information content (AvgIpc) is 2.36. The fourth-order valence-corrected chi connectivity index (χ4v) is 1.76. The number of carbonyl (C=O) groups is 2. The molecule has 1 atom stereocenters. The second kappa shape index (κ2) is 4.45. The fourth-order valence-electron chi connectivity index (χ4n) is 1.76. The number of ether oxygens (including phenoxy) is 3. The molecule has 1 unspecified atom stereocenters. The van der Waals surface area contributed by atoms with Gasteiger partial charge in [0.05, 0.1) is 19.8 Å². The van der Waals surface area contributed by atoms with Gasteiger partial charge in [-0.2, -0.15) is 0 Å². The lowest BCUT2D eigenvalue weighted by molar-refractivity contribution is -0.151. The Bertz CT molecular complexity index is 466. The molecule has 90 valence electrons. The van der Waals surface area contributed by atoms with Gasteiger partial charge in [-0.3, -0.25) is 0 Å². The van der Waals surface area contributed by atoms with E-state index in [0.717, 1.165) is 5.56 Å². The van der Waals surface area contributed by atoms with Gasteiger partial charge in [0.1, 0.15) is 5.75 Å². The first-order valence-corrected chi connectivity index (χ1v) is 5.11. The van der Waals surface area contributed by atoms with Gasteiger partial charge in [0.2, 0.25) is 6.10 Å². The second-order valence-corrected chi connectivity index (χ2v) is 3.64. The summed E-state index contributed by atoms with van der Waals surface area (Å²) in [4.78, 5) is 23.0. The van der Waals surface area contributed by atoms with E-state index in [-0.39, 0.29) is 0 Å². The van der Waals surface area contributed by atoms with Crippen LogP contribution >= 0.6 is 0 Å². The van der Waals surface area contributed by atoms with Crippen molar-refractivity contribution in [3.8, 4) is 5.75 Å². The molecular weight excluding hydrogens is 224 g/mol. The van der Waals surface area contributed by atoms with Crippen LogP contribution in [0.4, 0.5) is 0 Å². The van der Waals surface area contributed by atoms with Gasteiger partial charge in [-0.05, 0) is 23.8 Å². The molecule has 1 aliphatic rings. The van der Waals surface area contributed by atoms with Crippen molar-refractivity contribution in [3.63, 3.8) is 0 Å². The summed E-state index contributed by atoms with van der Waals surface area (Å²) in [6, 6.07) is 5.04. The Hall–Kier alpha value is -2.04. The van der Waals surface area contributed by atoms with Crippen LogP contribution in [-0.4, -0.2) is 32.3 Å². The van der Waals surface area contributed by atoms with Crippen LogP contribution in [-0.2, 0) is 20.7 Å². The van der Waals surface area contributed by atoms with E-state index in [0.29, 0.717) is 17.7 Å². The second-order valence-electron chi connectivity index (χ2n) is 3.64. The Morgan fingerprint density at radius 2 is 2.18 bits per heavy atom. The molecule has 2 rings (SSSR count). The summed E-state index contributed by atoms with van der Waals surface area (Å²) in [5.41, 5.74) is 1.20. The van der Waals surface area contributed by atoms with Crippen LogP contribution in [0.3, 0.4) is 0 Å². The van der Waals surface area contributed by atoms with E-state index in [1.54, 1.807) is 25.3 Å². The standard InChI is InChI=1S/C12H12O5/c1-15-8-3-4-9-7(5-8)6-10(12(14)16-2)17-11(9)13/h3-5,10H,6H2,1-2H3. The summed E-state index contributed by atoms with van der Waals surface area (Å²) in [5, 5.41) is 0. The van der Waals surface area contributed by atoms with Crippen molar-refractivity contribution in [2.24, 2.45) is 0 Å². The van der Waals surface area contributed by atoms with Crippen LogP contribution in [0.2, 0.25) is 0 Å². The molecule has 0 bridgehead atoms. The van der Waals surface area contributed by atoms with Gasteiger partial charge >= 0.3 is 11.9 Å². The number of cyclic esters (lactones) is 1. The van der Waals surface area contributed by atoms with Gasteiger partial charge < -0.3 is 14.2 Å². The molecule has 1 aromatic carbocycles. The fraction of sp³-hybridized carbons (Fsp3) is 0.333. The summed E-state index contributed by atoms with van der Waals surface area (Å²) in [5.74, 6) is -0.418. The predicted octanol–water partition coefficient (Wildman–Crippen LogP) is 0.950. The number of carbonyl (C=O) groups excluding carboxylic acids is 2. The number of esters is 2. The molecule has 1 aromatic rings. The summed E-state index contributed by atoms with van der Waals surface area (Å²) >= 11 is 0. The Kier molecular flexibility index (Phi) is 2.99. The molecule has 0 N–H and O–H groups in total. The first-order chi connectivity index (χ1) is 8.15. The van der Waals surface area contributed by atoms with Crippen molar-refractivity contribution in [3.05, 3.63) is 29.3 Å². The van der Waals surface area contributed by atoms with Crippen molar-refractivity contribution >= 4 is 11.9 Å². The maximum Gasteiger partial charge on any atom is 0.347 e. The van der Waals surface area contributed by atoms with Crippen LogP contribution in [0.25, 0.3) is 0 Å². The van der Waals surface area contributed by atoms with E-state index >= 15 is 0 Å². The van der Waals surface area contributed by atoms with Crippen molar-refractivity contribution in [2.45, 2.75) is 12.5 Å². The highest BCUT2D eigenvalue weighted by molar-refractivity contribution is 5.95. The summed E-state index contributed by atoms with van der Waals surface area (Å²) in [6.45, 7) is 0. The maximum absolute atomic E-state index is 11.6. The molecule has 0 fully saturated rings. The highest BCUT2D eigenvalue weighted by Crippen LogP contribution is 2.25. The lowest BCUT2D eigenvalue weighted by atomic mass is 9.98. The largest absolute Gasteiger partial charge is 0.497 e. The minimum absolute atomic E-state index is 0.310. The number of rotatable bonds is 2. The molecule has 0 spiro atoms. The van der Waals surface area contributed by atoms with E-state index in [1.807, 2.05) is 0 Å². The van der Waals surface area contributed by atoms with Gasteiger partial charge in [-0.15, -0.1) is 0 Å². The summed E-state index contributed by atoms with van der Waals surface area (Å²) in [7, 11) is 2.80. The van der Waals surface area contributed by atoms with E-state index < -0.39 is 18.0 Å². The van der Waals surface area contributed by atoms with Crippen LogP contribution in [0.1, 0.15) is 15.9 Å². The molecule has 0 radical (unpaired) electrons. The molecule has 5 nitrogen and oxygen atoms in total. The van der Waals surface area contributed by atoms with Gasteiger partial charge in [-0.25, -0.2) is 9.59 Å². The highest BCUT2D eigenvalue weighted by Gasteiger charge is 2.32. The first-order valence-electron chi connectivity index (χ1n) is 5.11. The smallest absolute Gasteiger partial charge is 0.347 e. The molecule has 17 heavy (non-hydrogen) atoms. The Balaban J connectivity index is 2.33. The van der Waals surface area contributed by atoms with Gasteiger partial charge in [0, 0.05) is 6.42 Å². The quantitative estimate of drug-likeness (QED) is 0.715. The molecule has 0 amide bonds. The normalized spacial score (nSPS) is 18.0. The number of methoxy groups -OCH3 is 2. The Morgan fingerprint density at radius 3 is 2.82 bits per heavy atom. The lowest BCUT2D eigenvalue weighted by Gasteiger charge is -2.22. The Morgan fingerprint density at radius 1 is 1.41 bits per heavy atom. The maximum atomic E-state index is 11.6. The Labute approximate surface area is 98.3 Å². The van der Waals surface area contributed by atoms with E-state index in [1.165, 1.54) is 7.11 Å². The van der Waals surface area contributed by atoms with Crippen LogP contribution in [0, 0.1) is 0 Å². The summed E-state index contributed by atoms with van der Waals surface area (Å²) in [6.07, 6.45) is -0.558. The lowest BCUT2D eigenvalue weighted by Crippen LogP contribution is -2.35. The van der Waals surface area contributed by atoms with Crippen molar-refractivity contribution in [1.29, 1.82) is 0 Å². The molecule has 0 saturated carbocycles. The predicted molar refractivity (Wildman–Crippen MR) is 57.9 cm³/mol. The molecular formula is C12H12O5. The third-order valence-corrected chi connectivity index (χ3v) is 2.65. The number of hydrogen-bond donors (Lipinski definition) is 0. The molecule has 1 aliphatic heterocycles. The molecule has 1 heterocycles. The van der Waals surface area contributed by atoms with E-state index in [2.05, 4.69) is 4.74 Å². The zero-order chi connectivity index (χ0) is 12.4. The van der Waals surface area contributed by atoms with Gasteiger partial charge in [0.15, 0.2) is 0 Å². The molecule has 5 heteroatoms. The van der Waals surface area contributed by atoms with Crippen molar-refractivity contribution < 1.29 is 23.8 Å². The minimum Gasteiger partial charge on any atom is -0.497 e. The summed E-state index contributed by atoms with van der Waals surface area (Å²) < 4.78 is 14.6. The monoisotopic (exact) mass is 236 g/mol. The molecule has 0 aromatic heterocycles. The third-order valence-electron chi connectivity index (χ3n) is 2.65. The number of hydrogen-bond acceptors (Lipinski definition) is 5. The van der Waals surface area contributed by atoms with Crippen LogP contribution in [0.15, 0.2) is 18.2 Å². The van der Waals surface area contributed by atoms with Crippen LogP contribution < -0.4 is 4.74 Å². The van der Waals surface area contributed by atoms with Crippen molar-refractivity contribution in [2.75, 3.05) is 14.2 Å². The van der Waals surface area contributed by atoms with Gasteiger partial charge in [0.25, 0.3) is 0 Å². The molecule has 0 aliphatic carbocycles. The topological polar surface area (TPSA) is 61.8 Å². The van der Waals surface area contributed by atoms with Crippen LogP contribution in [0.5, 0.6) is 5.75 Å². The zero-order valence-electron chi connectivity index (χ0n) is 9.56. The van der Waals surface area contributed by atoms with Gasteiger partial charge in [-0.1, -0.05) is 0 Å². The molecule has 0 saturated heterocycles. The van der Waals surface area contributed by atoms with E-state index in [9.17, 15) is 9.59 Å². The SMILES string of the molecule is COC(=O)C1Cc2cc(OC)ccc2C(=O)O1. The average molecular weight is 236 g/mol. The minimum atomic E-state index is -0.868. The third kappa shape index (κ3) is 2.08. The van der Waals surface area contributed by atoms with E-state index in [4.69, 9.17) is 9.47 Å². The highest BCUT2D eigenvalue weighted by atomic mass is 16.6. The zero-order valence-corrected chi connectivity index (χ0v) is 9.56. The first kappa shape index (κ1) is 11.4. The van der Waals surface area contributed by atoms with Crippen molar-refractivity contribution in [1.82, 2.24) is 0 Å².